The Balaban J connectivity index is 1.79. The monoisotopic (exact) mass is 295 g/mol. The molecule has 3 rings (SSSR count). The van der Waals surface area contributed by atoms with Crippen LogP contribution in [-0.2, 0) is 0 Å². The van der Waals surface area contributed by atoms with Crippen molar-refractivity contribution in [2.45, 2.75) is 26.2 Å². The summed E-state index contributed by atoms with van der Waals surface area (Å²) in [5.41, 5.74) is 3.47. The highest BCUT2D eigenvalue weighted by Crippen LogP contribution is 2.28. The number of nitrogens with one attached hydrogen (secondary N) is 1. The van der Waals surface area contributed by atoms with E-state index in [0.29, 0.717) is 5.56 Å². The van der Waals surface area contributed by atoms with Crippen LogP contribution in [0.4, 0.5) is 11.4 Å². The molecule has 2 aromatic rings. The first-order chi connectivity index (χ1) is 10.7. The topological polar surface area (TPSA) is 45.2 Å². The molecular formula is C18H21N3O. The van der Waals surface area contributed by atoms with Crippen molar-refractivity contribution in [3.05, 3.63) is 53.9 Å². The Morgan fingerprint density at radius 2 is 1.86 bits per heavy atom. The Morgan fingerprint density at radius 1 is 1.09 bits per heavy atom. The lowest BCUT2D eigenvalue weighted by Crippen LogP contribution is -2.30. The number of carbonyl (C=O) groups excluding carboxylic acids is 1. The van der Waals surface area contributed by atoms with Crippen molar-refractivity contribution >= 4 is 17.3 Å². The van der Waals surface area contributed by atoms with Crippen molar-refractivity contribution in [2.24, 2.45) is 0 Å². The van der Waals surface area contributed by atoms with Crippen LogP contribution < -0.4 is 10.2 Å². The predicted octanol–water partition coefficient (Wildman–Crippen LogP) is 3.63. The van der Waals surface area contributed by atoms with E-state index in [1.54, 1.807) is 12.3 Å². The summed E-state index contributed by atoms with van der Waals surface area (Å²) in [6.45, 7) is 4.02. The molecule has 114 valence electrons. The van der Waals surface area contributed by atoms with E-state index in [2.05, 4.69) is 21.3 Å². The summed E-state index contributed by atoms with van der Waals surface area (Å²) in [5.74, 6) is -0.114. The van der Waals surface area contributed by atoms with Gasteiger partial charge in [0, 0.05) is 25.0 Å². The minimum absolute atomic E-state index is 0.114. The summed E-state index contributed by atoms with van der Waals surface area (Å²) in [5, 5.41) is 3.02. The van der Waals surface area contributed by atoms with Gasteiger partial charge in [-0.05, 0) is 50.5 Å². The van der Waals surface area contributed by atoms with Crippen LogP contribution in [0.25, 0.3) is 0 Å². The second kappa shape index (κ2) is 6.60. The van der Waals surface area contributed by atoms with E-state index in [4.69, 9.17) is 0 Å². The van der Waals surface area contributed by atoms with Crippen LogP contribution in [-0.4, -0.2) is 24.0 Å². The van der Waals surface area contributed by atoms with Gasteiger partial charge in [0.2, 0.25) is 0 Å². The number of amides is 1. The van der Waals surface area contributed by atoms with Crippen LogP contribution in [0.1, 0.15) is 35.3 Å². The van der Waals surface area contributed by atoms with Gasteiger partial charge >= 0.3 is 0 Å². The zero-order chi connectivity index (χ0) is 15.4. The van der Waals surface area contributed by atoms with Gasteiger partial charge in [-0.3, -0.25) is 9.78 Å². The molecule has 4 nitrogen and oxygen atoms in total. The van der Waals surface area contributed by atoms with Crippen molar-refractivity contribution in [2.75, 3.05) is 23.3 Å². The van der Waals surface area contributed by atoms with E-state index in [1.807, 2.05) is 31.2 Å². The van der Waals surface area contributed by atoms with Gasteiger partial charge in [-0.2, -0.15) is 0 Å². The van der Waals surface area contributed by atoms with Crippen LogP contribution in [0.2, 0.25) is 0 Å². The number of hydrogen-bond acceptors (Lipinski definition) is 3. The zero-order valence-corrected chi connectivity index (χ0v) is 12.9. The molecule has 1 aromatic carbocycles. The second-order valence-corrected chi connectivity index (χ2v) is 5.71. The molecule has 4 heteroatoms. The molecule has 0 bridgehead atoms. The van der Waals surface area contributed by atoms with Gasteiger partial charge in [0.05, 0.1) is 16.9 Å². The lowest BCUT2D eigenvalue weighted by Gasteiger charge is -2.30. The number of piperidine rings is 1. The van der Waals surface area contributed by atoms with Crippen molar-refractivity contribution in [1.82, 2.24) is 4.98 Å². The molecular weight excluding hydrogens is 274 g/mol. The standard InChI is InChI=1S/C18H21N3O/c1-14-9-10-15(13-19-14)18(22)20-16-7-3-4-8-17(16)21-11-5-2-6-12-21/h3-4,7-10,13H,2,5-6,11-12H2,1H3,(H,20,22). The smallest absolute Gasteiger partial charge is 0.257 e. The highest BCUT2D eigenvalue weighted by molar-refractivity contribution is 6.05. The SMILES string of the molecule is Cc1ccc(C(=O)Nc2ccccc2N2CCCCC2)cn1. The van der Waals surface area contributed by atoms with Crippen molar-refractivity contribution in [3.63, 3.8) is 0 Å². The molecule has 1 N–H and O–H groups in total. The molecule has 1 aliphatic heterocycles. The summed E-state index contributed by atoms with van der Waals surface area (Å²) in [6.07, 6.45) is 5.34. The van der Waals surface area contributed by atoms with E-state index in [9.17, 15) is 4.79 Å². The third-order valence-corrected chi connectivity index (χ3v) is 4.02. The number of rotatable bonds is 3. The quantitative estimate of drug-likeness (QED) is 0.940. The molecule has 22 heavy (non-hydrogen) atoms. The van der Waals surface area contributed by atoms with E-state index in [-0.39, 0.29) is 5.91 Å². The number of nitrogens with zero attached hydrogens (tertiary/aromatic N) is 2. The minimum atomic E-state index is -0.114. The van der Waals surface area contributed by atoms with Crippen LogP contribution in [0, 0.1) is 6.92 Å². The zero-order valence-electron chi connectivity index (χ0n) is 12.9. The van der Waals surface area contributed by atoms with Crippen molar-refractivity contribution < 1.29 is 4.79 Å². The number of pyridine rings is 1. The first kappa shape index (κ1) is 14.6. The lowest BCUT2D eigenvalue weighted by molar-refractivity contribution is 0.102. The van der Waals surface area contributed by atoms with Crippen LogP contribution in [0.3, 0.4) is 0 Å². The Kier molecular flexibility index (Phi) is 4.37. The van der Waals surface area contributed by atoms with Crippen LogP contribution >= 0.6 is 0 Å². The van der Waals surface area contributed by atoms with E-state index in [0.717, 1.165) is 30.2 Å². The van der Waals surface area contributed by atoms with Gasteiger partial charge in [-0.15, -0.1) is 0 Å². The molecule has 1 saturated heterocycles. The van der Waals surface area contributed by atoms with Gasteiger partial charge in [0.15, 0.2) is 0 Å². The molecule has 1 fully saturated rings. The third-order valence-electron chi connectivity index (χ3n) is 4.02. The van der Waals surface area contributed by atoms with Gasteiger partial charge in [0.25, 0.3) is 5.91 Å². The summed E-state index contributed by atoms with van der Waals surface area (Å²) >= 11 is 0. The molecule has 1 aromatic heterocycles. The summed E-state index contributed by atoms with van der Waals surface area (Å²) in [4.78, 5) is 18.9. The van der Waals surface area contributed by atoms with Crippen LogP contribution in [0.5, 0.6) is 0 Å². The fraction of sp³-hybridized carbons (Fsp3) is 0.333. The van der Waals surface area contributed by atoms with Gasteiger partial charge in [-0.25, -0.2) is 0 Å². The Bertz CT molecular complexity index is 646. The van der Waals surface area contributed by atoms with Gasteiger partial charge in [0.1, 0.15) is 0 Å². The molecule has 0 saturated carbocycles. The highest BCUT2D eigenvalue weighted by Gasteiger charge is 2.16. The molecule has 0 radical (unpaired) electrons. The number of anilines is 2. The molecule has 0 unspecified atom stereocenters. The maximum absolute atomic E-state index is 12.4. The van der Waals surface area contributed by atoms with Crippen molar-refractivity contribution in [3.8, 4) is 0 Å². The average Bonchev–Trinajstić information content (AvgIpc) is 2.57. The summed E-state index contributed by atoms with van der Waals surface area (Å²) < 4.78 is 0. The first-order valence-electron chi connectivity index (χ1n) is 7.82. The molecule has 1 aliphatic rings. The third kappa shape index (κ3) is 3.27. The maximum atomic E-state index is 12.4. The number of carbonyl (C=O) groups is 1. The Hall–Kier alpha value is -2.36. The maximum Gasteiger partial charge on any atom is 0.257 e. The second-order valence-electron chi connectivity index (χ2n) is 5.71. The predicted molar refractivity (Wildman–Crippen MR) is 89.4 cm³/mol. The summed E-state index contributed by atoms with van der Waals surface area (Å²) in [7, 11) is 0. The molecule has 0 atom stereocenters. The van der Waals surface area contributed by atoms with E-state index >= 15 is 0 Å². The number of aryl methyl sites for hydroxylation is 1. The molecule has 2 heterocycles. The molecule has 1 amide bonds. The summed E-state index contributed by atoms with van der Waals surface area (Å²) in [6, 6.07) is 11.7. The molecule has 0 spiro atoms. The van der Waals surface area contributed by atoms with E-state index < -0.39 is 0 Å². The number of hydrogen-bond donors (Lipinski definition) is 1. The van der Waals surface area contributed by atoms with E-state index in [1.165, 1.54) is 19.3 Å². The Morgan fingerprint density at radius 3 is 2.59 bits per heavy atom. The number of para-hydroxylation sites is 2. The highest BCUT2D eigenvalue weighted by atomic mass is 16.1. The number of benzene rings is 1. The molecule has 0 aliphatic carbocycles. The average molecular weight is 295 g/mol. The Labute approximate surface area is 131 Å². The fourth-order valence-electron chi connectivity index (χ4n) is 2.79. The fourth-order valence-corrected chi connectivity index (χ4v) is 2.79. The number of aromatic nitrogens is 1. The normalized spacial score (nSPS) is 14.7. The van der Waals surface area contributed by atoms with Crippen LogP contribution in [0.15, 0.2) is 42.6 Å². The minimum Gasteiger partial charge on any atom is -0.370 e. The largest absolute Gasteiger partial charge is 0.370 e. The van der Waals surface area contributed by atoms with Gasteiger partial charge in [-0.1, -0.05) is 12.1 Å². The lowest BCUT2D eigenvalue weighted by atomic mass is 10.1. The van der Waals surface area contributed by atoms with Crippen molar-refractivity contribution in [1.29, 1.82) is 0 Å². The first-order valence-corrected chi connectivity index (χ1v) is 7.82. The van der Waals surface area contributed by atoms with Gasteiger partial charge < -0.3 is 10.2 Å².